The molecule has 6 heterocycles. The van der Waals surface area contributed by atoms with Gasteiger partial charge in [-0.15, -0.1) is 0 Å². The maximum atomic E-state index is 6.60. The topological polar surface area (TPSA) is 46.0 Å². The summed E-state index contributed by atoms with van der Waals surface area (Å²) in [5.41, 5.74) is 21.2. The number of nitrogens with zero attached hydrogens (tertiary/aromatic N) is 4. The zero-order valence-corrected chi connectivity index (χ0v) is 45.4. The maximum Gasteiger partial charge on any atom is 0.135 e. The molecule has 12 aromatic carbocycles. The molecule has 6 aromatic heterocycles. The standard InChI is InChI=1S/C78H48N4O2/c1-7-24-66-55(17-1)56-18-2-8-25-67(56)79(66)52-34-39-76-64(45-52)65-46-53(35-40-77(65)84-76)82-68-26-9-3-19-57(68)59-36-31-49(43-73(59)82)54-23-14-29-72-78(54)61-22-5-11-28-70(61)81(72)50-16-13-15-47(41-50)48-32-37-71-62(42-48)58-20-4-10-27-69(58)80(71)51-33-38-75-63(44-51)60-21-6-12-30-74(60)83-75/h1-15,17-46,50H,16H2. The van der Waals surface area contributed by atoms with E-state index in [0.29, 0.717) is 0 Å². The Labute approximate surface area is 480 Å². The van der Waals surface area contributed by atoms with E-state index in [1.807, 2.05) is 12.1 Å². The van der Waals surface area contributed by atoms with Crippen molar-refractivity contribution in [2.45, 2.75) is 12.5 Å². The highest BCUT2D eigenvalue weighted by atomic mass is 16.3. The molecule has 0 fully saturated rings. The van der Waals surface area contributed by atoms with Crippen LogP contribution in [0.1, 0.15) is 18.0 Å². The van der Waals surface area contributed by atoms with Gasteiger partial charge in [0, 0.05) is 87.2 Å². The molecule has 1 unspecified atom stereocenters. The summed E-state index contributed by atoms with van der Waals surface area (Å²) in [7, 11) is 0. The molecule has 84 heavy (non-hydrogen) atoms. The molecule has 0 N–H and O–H groups in total. The molecule has 0 aliphatic heterocycles. The van der Waals surface area contributed by atoms with Crippen LogP contribution in [0.4, 0.5) is 0 Å². The summed E-state index contributed by atoms with van der Waals surface area (Å²) >= 11 is 0. The number of allylic oxidation sites excluding steroid dienone is 4. The van der Waals surface area contributed by atoms with Crippen molar-refractivity contribution in [2.75, 3.05) is 0 Å². The van der Waals surface area contributed by atoms with Gasteiger partial charge in [0.2, 0.25) is 0 Å². The molecular weight excluding hydrogens is 1020 g/mol. The van der Waals surface area contributed by atoms with E-state index in [4.69, 9.17) is 8.83 Å². The fourth-order valence-corrected chi connectivity index (χ4v) is 14.6. The average Bonchev–Trinajstić information content (AvgIpc) is 3.21. The van der Waals surface area contributed by atoms with Crippen molar-refractivity contribution in [3.05, 3.63) is 279 Å². The molecular formula is C78H48N4O2. The fraction of sp³-hybridized carbons (Fsp3) is 0.0256. The quantitative estimate of drug-likeness (QED) is 0.167. The molecule has 0 saturated heterocycles. The first-order chi connectivity index (χ1) is 41.6. The van der Waals surface area contributed by atoms with Crippen LogP contribution in [0.3, 0.4) is 0 Å². The summed E-state index contributed by atoms with van der Waals surface area (Å²) < 4.78 is 22.7. The predicted octanol–water partition coefficient (Wildman–Crippen LogP) is 21.1. The van der Waals surface area contributed by atoms with Crippen molar-refractivity contribution < 1.29 is 8.83 Å². The first-order valence-electron chi connectivity index (χ1n) is 29.0. The van der Waals surface area contributed by atoms with E-state index < -0.39 is 0 Å². The normalized spacial score (nSPS) is 14.0. The van der Waals surface area contributed by atoms with Crippen LogP contribution in [0.2, 0.25) is 0 Å². The van der Waals surface area contributed by atoms with Gasteiger partial charge in [0.15, 0.2) is 0 Å². The SMILES string of the molecule is C1=CC(c2ccc3c(c2)c2ccccc2n3-c2ccc3oc4ccccc4c3c2)=CC(n2c3ccccc3c3c(-c4ccc5c6ccccc6n(-c6ccc7oc8ccc(-n9c%10ccccc%10c%10ccccc%109)cc8c7c6)c5c4)cccc32)C1. The van der Waals surface area contributed by atoms with Crippen molar-refractivity contribution in [2.24, 2.45) is 0 Å². The summed E-state index contributed by atoms with van der Waals surface area (Å²) in [4.78, 5) is 0. The average molecular weight is 1070 g/mol. The largest absolute Gasteiger partial charge is 0.456 e. The number of furan rings is 2. The Hall–Kier alpha value is -11.1. The number of benzene rings is 12. The molecule has 0 radical (unpaired) electrons. The van der Waals surface area contributed by atoms with E-state index in [9.17, 15) is 0 Å². The molecule has 1 aliphatic rings. The summed E-state index contributed by atoms with van der Waals surface area (Å²) in [6.45, 7) is 0. The Kier molecular flexibility index (Phi) is 9.36. The third-order valence-electron chi connectivity index (χ3n) is 18.3. The molecule has 0 bridgehead atoms. The predicted molar refractivity (Wildman–Crippen MR) is 350 cm³/mol. The van der Waals surface area contributed by atoms with Gasteiger partial charge in [0.25, 0.3) is 0 Å². The molecule has 6 heteroatoms. The first-order valence-corrected chi connectivity index (χ1v) is 29.0. The fourth-order valence-electron chi connectivity index (χ4n) is 14.6. The van der Waals surface area contributed by atoms with Gasteiger partial charge >= 0.3 is 0 Å². The lowest BCUT2D eigenvalue weighted by molar-refractivity contribution is 0.650. The van der Waals surface area contributed by atoms with E-state index in [1.165, 1.54) is 98.5 Å². The molecule has 392 valence electrons. The molecule has 0 saturated carbocycles. The van der Waals surface area contributed by atoms with Crippen LogP contribution in [0.15, 0.2) is 282 Å². The molecule has 6 nitrogen and oxygen atoms in total. The van der Waals surface area contributed by atoms with Gasteiger partial charge in [-0.05, 0) is 144 Å². The number of hydrogen-bond acceptors (Lipinski definition) is 2. The highest BCUT2D eigenvalue weighted by Crippen LogP contribution is 2.45. The lowest BCUT2D eigenvalue weighted by Crippen LogP contribution is -2.08. The summed E-state index contributed by atoms with van der Waals surface area (Å²) in [6.07, 6.45) is 8.06. The van der Waals surface area contributed by atoms with Crippen LogP contribution in [-0.2, 0) is 0 Å². The third-order valence-corrected chi connectivity index (χ3v) is 18.3. The molecule has 0 spiro atoms. The zero-order chi connectivity index (χ0) is 54.7. The smallest absolute Gasteiger partial charge is 0.135 e. The van der Waals surface area contributed by atoms with Crippen LogP contribution in [0.25, 0.3) is 165 Å². The van der Waals surface area contributed by atoms with Crippen LogP contribution in [-0.4, -0.2) is 18.3 Å². The number of fused-ring (bicyclic) bond motifs is 18. The minimum absolute atomic E-state index is 0.0909. The van der Waals surface area contributed by atoms with Gasteiger partial charge in [-0.2, -0.15) is 0 Å². The van der Waals surface area contributed by atoms with Crippen molar-refractivity contribution in [1.82, 2.24) is 18.3 Å². The second kappa shape index (κ2) is 17.2. The second-order valence-electron chi connectivity index (χ2n) is 22.7. The summed E-state index contributed by atoms with van der Waals surface area (Å²) in [5, 5.41) is 14.3. The summed E-state index contributed by atoms with van der Waals surface area (Å²) in [6, 6.07) is 93.2. The Morgan fingerprint density at radius 2 is 0.750 bits per heavy atom. The van der Waals surface area contributed by atoms with E-state index in [0.717, 1.165) is 78.4 Å². The number of hydrogen-bond donors (Lipinski definition) is 0. The lowest BCUT2D eigenvalue weighted by atomic mass is 9.95. The van der Waals surface area contributed by atoms with Gasteiger partial charge in [-0.25, -0.2) is 0 Å². The van der Waals surface area contributed by atoms with E-state index >= 15 is 0 Å². The van der Waals surface area contributed by atoms with E-state index in [2.05, 4.69) is 279 Å². The van der Waals surface area contributed by atoms with Gasteiger partial charge in [-0.1, -0.05) is 158 Å². The van der Waals surface area contributed by atoms with E-state index in [1.54, 1.807) is 0 Å². The van der Waals surface area contributed by atoms with Gasteiger partial charge < -0.3 is 27.1 Å². The monoisotopic (exact) mass is 1070 g/mol. The molecule has 1 atom stereocenters. The lowest BCUT2D eigenvalue weighted by Gasteiger charge is -2.21. The Morgan fingerprint density at radius 3 is 1.36 bits per heavy atom. The van der Waals surface area contributed by atoms with Gasteiger partial charge in [0.1, 0.15) is 22.3 Å². The highest BCUT2D eigenvalue weighted by molar-refractivity contribution is 6.18. The van der Waals surface area contributed by atoms with Crippen LogP contribution in [0.5, 0.6) is 0 Å². The third kappa shape index (κ3) is 6.45. The second-order valence-corrected chi connectivity index (χ2v) is 22.7. The molecule has 1 aliphatic carbocycles. The first kappa shape index (κ1) is 45.6. The molecule has 0 amide bonds. The van der Waals surface area contributed by atoms with Gasteiger partial charge in [0.05, 0.1) is 44.7 Å². The van der Waals surface area contributed by atoms with Crippen LogP contribution < -0.4 is 0 Å². The molecule has 18 aromatic rings. The van der Waals surface area contributed by atoms with Crippen molar-refractivity contribution in [1.29, 1.82) is 0 Å². The minimum Gasteiger partial charge on any atom is -0.456 e. The van der Waals surface area contributed by atoms with E-state index in [-0.39, 0.29) is 6.04 Å². The Balaban J connectivity index is 0.729. The number of rotatable bonds is 6. The summed E-state index contributed by atoms with van der Waals surface area (Å²) in [5.74, 6) is 0. The van der Waals surface area contributed by atoms with Crippen LogP contribution in [0, 0.1) is 0 Å². The van der Waals surface area contributed by atoms with Crippen molar-refractivity contribution in [3.8, 4) is 28.2 Å². The van der Waals surface area contributed by atoms with Crippen molar-refractivity contribution >= 4 is 137 Å². The molecule has 19 rings (SSSR count). The van der Waals surface area contributed by atoms with Crippen molar-refractivity contribution in [3.63, 3.8) is 0 Å². The minimum atomic E-state index is 0.0909. The van der Waals surface area contributed by atoms with Crippen LogP contribution >= 0.6 is 0 Å². The van der Waals surface area contributed by atoms with Gasteiger partial charge in [-0.3, -0.25) is 0 Å². The number of para-hydroxylation sites is 6. The maximum absolute atomic E-state index is 6.60. The zero-order valence-electron chi connectivity index (χ0n) is 45.4. The Morgan fingerprint density at radius 1 is 0.298 bits per heavy atom. The highest BCUT2D eigenvalue weighted by Gasteiger charge is 2.24. The number of aromatic nitrogens is 4. The Bertz CT molecular complexity index is 5870.